The van der Waals surface area contributed by atoms with E-state index in [1.807, 2.05) is 49.1 Å². The molecule has 8 bridgehead atoms. The molecule has 0 spiro atoms. The molecule has 0 amide bonds. The molecule has 0 radical (unpaired) electrons. The van der Waals surface area contributed by atoms with Crippen LogP contribution in [0.1, 0.15) is 163 Å². The van der Waals surface area contributed by atoms with Crippen molar-refractivity contribution in [2.75, 3.05) is 13.2 Å². The summed E-state index contributed by atoms with van der Waals surface area (Å²) in [5.74, 6) is 2.23. The number of ether oxygens (including phenoxy) is 2. The van der Waals surface area contributed by atoms with Gasteiger partial charge in [0.1, 0.15) is 23.0 Å². The van der Waals surface area contributed by atoms with Crippen LogP contribution in [-0.2, 0) is 60.4 Å². The first kappa shape index (κ1) is 55.4. The van der Waals surface area contributed by atoms with Crippen LogP contribution >= 0.6 is 0 Å². The number of hydrogen-bond donors (Lipinski definition) is 2. The average Bonchev–Trinajstić information content (AvgIpc) is 3.43. The van der Waals surface area contributed by atoms with Gasteiger partial charge in [-0.15, -0.1) is 0 Å². The SMILES string of the molecule is CC(C)(C)c1cc2c(O)c(c1)Cc1cc(C(C)(C)C)cc(c1OCCC[n+]1ccc(-c3ccncc3)cc1)Cc1cc(C(C)(C)C)cc(c1O)Cc1cc(C(C)(C)C)cc(c1OCCC[n+]1ccc(-c3ccncc3)cc1)C2. The first-order valence-electron chi connectivity index (χ1n) is 28.1. The average molecular weight is 1040 g/mol. The quantitative estimate of drug-likeness (QED) is 0.0935. The molecule has 0 aliphatic heterocycles. The third-order valence-electron chi connectivity index (χ3n) is 15.4. The maximum atomic E-state index is 12.8. The van der Waals surface area contributed by atoms with Crippen LogP contribution in [0.5, 0.6) is 23.0 Å². The van der Waals surface area contributed by atoms with Crippen LogP contribution < -0.4 is 18.6 Å². The molecule has 1 aliphatic rings. The van der Waals surface area contributed by atoms with Crippen LogP contribution in [-0.4, -0.2) is 33.4 Å². The summed E-state index contributed by atoms with van der Waals surface area (Å²) in [4.78, 5) is 8.37. The summed E-state index contributed by atoms with van der Waals surface area (Å²) in [6, 6.07) is 34.8. The maximum Gasteiger partial charge on any atom is 0.169 e. The van der Waals surface area contributed by atoms with E-state index >= 15 is 0 Å². The lowest BCUT2D eigenvalue weighted by molar-refractivity contribution is -0.697. The minimum absolute atomic E-state index is 0.198. The standard InChI is InChI=1S/C70H80N4O4/c1-67(2,3)59-39-51-35-55-43-61(69(7,8)9)45-57(65(55)77-33-13-27-73-29-19-49(20-30-73)47-15-23-71-24-16-47)37-53-41-60(68(4,5)6)42-54(64(53)76)38-58-46-62(70(10,11)12)44-56(36-52(40-59)63(51)75)66(58)78-34-14-28-74-31-21-50(22-32-74)48-17-25-72-26-18-48/h15-26,29-32,39-46H,13-14,27-28,33-38H2,1-12H3/p+2. The van der Waals surface area contributed by atoms with Crippen molar-refractivity contribution < 1.29 is 28.8 Å². The number of fused-ring (bicyclic) bond motifs is 8. The topological polar surface area (TPSA) is 92.5 Å². The van der Waals surface area contributed by atoms with Gasteiger partial charge in [-0.3, -0.25) is 9.97 Å². The number of pyridine rings is 4. The number of phenolic OH excluding ortho intramolecular Hbond substituents is 2. The number of aryl methyl sites for hydroxylation is 2. The zero-order valence-corrected chi connectivity index (χ0v) is 48.4. The van der Waals surface area contributed by atoms with Gasteiger partial charge in [-0.25, -0.2) is 9.13 Å². The van der Waals surface area contributed by atoms with E-state index < -0.39 is 0 Å². The number of aromatic hydroxyl groups is 2. The van der Waals surface area contributed by atoms with E-state index in [0.29, 0.717) is 50.4 Å². The van der Waals surface area contributed by atoms with Crippen LogP contribution in [0.25, 0.3) is 22.3 Å². The number of nitrogens with zero attached hydrogens (tertiary/aromatic N) is 4. The van der Waals surface area contributed by atoms with Gasteiger partial charge in [-0.1, -0.05) is 132 Å². The van der Waals surface area contributed by atoms with Gasteiger partial charge in [0.2, 0.25) is 0 Å². The van der Waals surface area contributed by atoms with Crippen molar-refractivity contribution in [3.8, 4) is 45.3 Å². The van der Waals surface area contributed by atoms with Crippen LogP contribution in [0.2, 0.25) is 0 Å². The van der Waals surface area contributed by atoms with Crippen molar-refractivity contribution in [1.82, 2.24) is 9.97 Å². The molecule has 2 N–H and O–H groups in total. The fourth-order valence-corrected chi connectivity index (χ4v) is 10.5. The minimum atomic E-state index is -0.207. The van der Waals surface area contributed by atoms with E-state index in [-0.39, 0.29) is 21.7 Å². The molecule has 0 atom stereocenters. The molecule has 404 valence electrons. The number of phenols is 2. The molecule has 78 heavy (non-hydrogen) atoms. The smallest absolute Gasteiger partial charge is 0.169 e. The minimum Gasteiger partial charge on any atom is -0.507 e. The van der Waals surface area contributed by atoms with E-state index in [9.17, 15) is 10.2 Å². The summed E-state index contributed by atoms with van der Waals surface area (Å²) >= 11 is 0. The molecule has 4 aromatic carbocycles. The molecule has 4 heterocycles. The Balaban J connectivity index is 1.15. The predicted octanol–water partition coefficient (Wildman–Crippen LogP) is 14.6. The molecule has 0 unspecified atom stereocenters. The number of rotatable bonds is 12. The molecule has 8 heteroatoms. The summed E-state index contributed by atoms with van der Waals surface area (Å²) in [6.07, 6.45) is 19.2. The molecule has 0 saturated carbocycles. The summed E-state index contributed by atoms with van der Waals surface area (Å²) in [7, 11) is 0. The summed E-state index contributed by atoms with van der Waals surface area (Å²) in [5.41, 5.74) is 15.9. The zero-order valence-electron chi connectivity index (χ0n) is 48.4. The summed E-state index contributed by atoms with van der Waals surface area (Å²) < 4.78 is 18.6. The molecule has 0 fully saturated rings. The lowest BCUT2D eigenvalue weighted by Crippen LogP contribution is -2.33. The largest absolute Gasteiger partial charge is 0.507 e. The molecule has 1 aliphatic carbocycles. The second-order valence-electron chi connectivity index (χ2n) is 25.8. The Morgan fingerprint density at radius 3 is 0.872 bits per heavy atom. The Kier molecular flexibility index (Phi) is 16.0. The van der Waals surface area contributed by atoms with E-state index in [2.05, 4.69) is 200 Å². The highest BCUT2D eigenvalue weighted by molar-refractivity contribution is 5.63. The molecule has 0 saturated heterocycles. The first-order chi connectivity index (χ1) is 37.0. The Hall–Kier alpha value is -7.32. The Labute approximate surface area is 464 Å². The second kappa shape index (κ2) is 22.6. The molecule has 4 aromatic heterocycles. The number of hydrogen-bond acceptors (Lipinski definition) is 6. The summed E-state index contributed by atoms with van der Waals surface area (Å²) in [5, 5.41) is 25.7. The Morgan fingerprint density at radius 1 is 0.372 bits per heavy atom. The Morgan fingerprint density at radius 2 is 0.615 bits per heavy atom. The van der Waals surface area contributed by atoms with Gasteiger partial charge in [-0.05, 0) is 135 Å². The highest BCUT2D eigenvalue weighted by Gasteiger charge is 2.29. The first-order valence-corrected chi connectivity index (χ1v) is 28.1. The van der Waals surface area contributed by atoms with E-state index in [1.54, 1.807) is 0 Å². The van der Waals surface area contributed by atoms with Crippen molar-refractivity contribution in [1.29, 1.82) is 0 Å². The van der Waals surface area contributed by atoms with E-state index in [4.69, 9.17) is 9.47 Å². The van der Waals surface area contributed by atoms with Crippen molar-refractivity contribution >= 4 is 0 Å². The van der Waals surface area contributed by atoms with Gasteiger partial charge in [-0.2, -0.15) is 0 Å². The van der Waals surface area contributed by atoms with Gasteiger partial charge >= 0.3 is 0 Å². The van der Waals surface area contributed by atoms with E-state index in [0.717, 1.165) is 115 Å². The highest BCUT2D eigenvalue weighted by atomic mass is 16.5. The predicted molar refractivity (Wildman–Crippen MR) is 315 cm³/mol. The Bertz CT molecular complexity index is 3050. The molecule has 8 nitrogen and oxygen atoms in total. The lowest BCUT2D eigenvalue weighted by atomic mass is 9.79. The van der Waals surface area contributed by atoms with Crippen molar-refractivity contribution in [2.45, 2.75) is 156 Å². The van der Waals surface area contributed by atoms with Gasteiger partial charge in [0.25, 0.3) is 0 Å². The highest BCUT2D eigenvalue weighted by Crippen LogP contribution is 2.44. The third kappa shape index (κ3) is 13.1. The monoisotopic (exact) mass is 1040 g/mol. The van der Waals surface area contributed by atoms with E-state index in [1.165, 1.54) is 11.1 Å². The zero-order chi connectivity index (χ0) is 55.6. The molecular weight excluding hydrogens is 961 g/mol. The van der Waals surface area contributed by atoms with Crippen LogP contribution in [0.4, 0.5) is 0 Å². The maximum absolute atomic E-state index is 12.8. The normalized spacial score (nSPS) is 13.1. The van der Waals surface area contributed by atoms with Gasteiger partial charge in [0.05, 0.1) is 13.2 Å². The molecule has 9 rings (SSSR count). The lowest BCUT2D eigenvalue weighted by Gasteiger charge is -2.28. The van der Waals surface area contributed by atoms with Gasteiger partial charge in [0, 0.05) is 87.6 Å². The summed E-state index contributed by atoms with van der Waals surface area (Å²) in [6.45, 7) is 29.6. The number of benzene rings is 4. The fraction of sp³-hybridized carbons (Fsp3) is 0.371. The third-order valence-corrected chi connectivity index (χ3v) is 15.4. The molecule has 8 aromatic rings. The van der Waals surface area contributed by atoms with Crippen LogP contribution in [0.15, 0.2) is 147 Å². The van der Waals surface area contributed by atoms with Crippen LogP contribution in [0.3, 0.4) is 0 Å². The van der Waals surface area contributed by atoms with Gasteiger partial charge in [0.15, 0.2) is 37.9 Å². The van der Waals surface area contributed by atoms with Crippen LogP contribution in [0, 0.1) is 0 Å². The van der Waals surface area contributed by atoms with Crippen molar-refractivity contribution in [3.63, 3.8) is 0 Å². The van der Waals surface area contributed by atoms with Gasteiger partial charge < -0.3 is 19.7 Å². The fourth-order valence-electron chi connectivity index (χ4n) is 10.5. The molecular formula is C70H82N4O4+2. The van der Waals surface area contributed by atoms with Crippen molar-refractivity contribution in [2.24, 2.45) is 0 Å². The van der Waals surface area contributed by atoms with Crippen molar-refractivity contribution in [3.05, 3.63) is 213 Å². The number of aromatic nitrogens is 4. The second-order valence-corrected chi connectivity index (χ2v) is 25.8.